The monoisotopic (exact) mass is 282 g/mol. The van der Waals surface area contributed by atoms with Gasteiger partial charge in [-0.3, -0.25) is 4.79 Å². The molecule has 0 heterocycles. The summed E-state index contributed by atoms with van der Waals surface area (Å²) in [5, 5.41) is 12.2. The molecule has 0 radical (unpaired) electrons. The van der Waals surface area contributed by atoms with Gasteiger partial charge in [-0.25, -0.2) is 0 Å². The van der Waals surface area contributed by atoms with E-state index >= 15 is 0 Å². The fraction of sp³-hybridized carbons (Fsp3) is 0.500. The summed E-state index contributed by atoms with van der Waals surface area (Å²) < 4.78 is 10.9. The van der Waals surface area contributed by atoms with Gasteiger partial charge < -0.3 is 25.6 Å². The number of rotatable bonds is 8. The van der Waals surface area contributed by atoms with Gasteiger partial charge in [0.1, 0.15) is 6.10 Å². The second-order valence-electron chi connectivity index (χ2n) is 4.70. The van der Waals surface area contributed by atoms with E-state index in [1.807, 2.05) is 32.0 Å². The van der Waals surface area contributed by atoms with Crippen molar-refractivity contribution >= 4 is 5.91 Å². The van der Waals surface area contributed by atoms with Crippen molar-refractivity contribution in [2.75, 3.05) is 13.7 Å². The SMILES string of the molecule is COc1cc(CNCC(O)C(N)=O)ccc1OC(C)C. The van der Waals surface area contributed by atoms with Gasteiger partial charge in [0.2, 0.25) is 5.91 Å². The zero-order chi connectivity index (χ0) is 15.1. The van der Waals surface area contributed by atoms with Gasteiger partial charge in [0.15, 0.2) is 11.5 Å². The number of hydrogen-bond acceptors (Lipinski definition) is 5. The third-order valence-corrected chi connectivity index (χ3v) is 2.59. The molecule has 0 bridgehead atoms. The van der Waals surface area contributed by atoms with Crippen molar-refractivity contribution in [2.24, 2.45) is 5.73 Å². The Kier molecular flexibility index (Phi) is 6.27. The molecule has 0 saturated carbocycles. The molecule has 1 atom stereocenters. The largest absolute Gasteiger partial charge is 0.493 e. The predicted molar refractivity (Wildman–Crippen MR) is 75.7 cm³/mol. The average Bonchev–Trinajstić information content (AvgIpc) is 2.39. The van der Waals surface area contributed by atoms with E-state index in [0.717, 1.165) is 5.56 Å². The van der Waals surface area contributed by atoms with Crippen molar-refractivity contribution in [3.8, 4) is 11.5 Å². The lowest BCUT2D eigenvalue weighted by Gasteiger charge is -2.15. The maximum atomic E-state index is 10.7. The van der Waals surface area contributed by atoms with Gasteiger partial charge in [0.05, 0.1) is 13.2 Å². The van der Waals surface area contributed by atoms with Gasteiger partial charge in [-0.2, -0.15) is 0 Å². The average molecular weight is 282 g/mol. The summed E-state index contributed by atoms with van der Waals surface area (Å²) in [5.74, 6) is 0.590. The van der Waals surface area contributed by atoms with Crippen LogP contribution in [0.25, 0.3) is 0 Å². The van der Waals surface area contributed by atoms with Gasteiger partial charge in [-0.15, -0.1) is 0 Å². The summed E-state index contributed by atoms with van der Waals surface area (Å²) in [6.07, 6.45) is -1.11. The number of ether oxygens (including phenoxy) is 2. The van der Waals surface area contributed by atoms with E-state index in [1.54, 1.807) is 7.11 Å². The van der Waals surface area contributed by atoms with Gasteiger partial charge in [-0.1, -0.05) is 6.07 Å². The van der Waals surface area contributed by atoms with Crippen LogP contribution in [0.3, 0.4) is 0 Å². The number of carbonyl (C=O) groups is 1. The van der Waals surface area contributed by atoms with Crippen molar-refractivity contribution in [3.05, 3.63) is 23.8 Å². The first-order valence-corrected chi connectivity index (χ1v) is 6.45. The number of carbonyl (C=O) groups excluding carboxylic acids is 1. The molecule has 1 aromatic carbocycles. The Hall–Kier alpha value is -1.79. The molecule has 1 aromatic rings. The highest BCUT2D eigenvalue weighted by Crippen LogP contribution is 2.28. The zero-order valence-electron chi connectivity index (χ0n) is 12.1. The van der Waals surface area contributed by atoms with Gasteiger partial charge in [-0.05, 0) is 31.5 Å². The third kappa shape index (κ3) is 5.07. The number of aliphatic hydroxyl groups excluding tert-OH is 1. The van der Waals surface area contributed by atoms with Crippen molar-refractivity contribution in [3.63, 3.8) is 0 Å². The number of nitrogens with one attached hydrogen (secondary N) is 1. The Morgan fingerprint density at radius 3 is 2.65 bits per heavy atom. The Bertz CT molecular complexity index is 449. The zero-order valence-corrected chi connectivity index (χ0v) is 12.1. The highest BCUT2D eigenvalue weighted by atomic mass is 16.5. The lowest BCUT2D eigenvalue weighted by atomic mass is 10.2. The maximum absolute atomic E-state index is 10.7. The molecule has 0 aliphatic heterocycles. The molecule has 6 heteroatoms. The second-order valence-corrected chi connectivity index (χ2v) is 4.70. The Balaban J connectivity index is 2.61. The van der Waals surface area contributed by atoms with E-state index in [4.69, 9.17) is 15.2 Å². The number of primary amides is 1. The smallest absolute Gasteiger partial charge is 0.247 e. The molecule has 1 unspecified atom stereocenters. The molecule has 0 aliphatic carbocycles. The van der Waals surface area contributed by atoms with Crippen LogP contribution in [-0.2, 0) is 11.3 Å². The van der Waals surface area contributed by atoms with Crippen LogP contribution in [0.5, 0.6) is 11.5 Å². The lowest BCUT2D eigenvalue weighted by Crippen LogP contribution is -2.37. The molecule has 0 aliphatic rings. The molecular formula is C14H22N2O4. The van der Waals surface area contributed by atoms with Crippen LogP contribution in [0.4, 0.5) is 0 Å². The molecule has 0 aromatic heterocycles. The van der Waals surface area contributed by atoms with E-state index in [1.165, 1.54) is 0 Å². The van der Waals surface area contributed by atoms with Gasteiger partial charge in [0.25, 0.3) is 0 Å². The second kappa shape index (κ2) is 7.72. The number of aliphatic hydroxyl groups is 1. The Morgan fingerprint density at radius 2 is 2.10 bits per heavy atom. The molecule has 0 fully saturated rings. The van der Waals surface area contributed by atoms with Crippen molar-refractivity contribution < 1.29 is 19.4 Å². The van der Waals surface area contributed by atoms with E-state index in [-0.39, 0.29) is 12.6 Å². The Labute approximate surface area is 118 Å². The molecule has 20 heavy (non-hydrogen) atoms. The molecule has 112 valence electrons. The fourth-order valence-electron chi connectivity index (χ4n) is 1.63. The minimum absolute atomic E-state index is 0.0681. The molecule has 1 amide bonds. The standard InChI is InChI=1S/C14H22N2O4/c1-9(2)20-12-5-4-10(6-13(12)19-3)7-16-8-11(17)14(15)18/h4-6,9,11,16-17H,7-8H2,1-3H3,(H2,15,18). The highest BCUT2D eigenvalue weighted by Gasteiger charge is 2.11. The fourth-order valence-corrected chi connectivity index (χ4v) is 1.63. The molecule has 4 N–H and O–H groups in total. The first-order valence-electron chi connectivity index (χ1n) is 6.45. The molecular weight excluding hydrogens is 260 g/mol. The van der Waals surface area contributed by atoms with Crippen LogP contribution in [0.15, 0.2) is 18.2 Å². The van der Waals surface area contributed by atoms with E-state index in [9.17, 15) is 9.90 Å². The molecule has 1 rings (SSSR count). The highest BCUT2D eigenvalue weighted by molar-refractivity contribution is 5.78. The number of benzene rings is 1. The summed E-state index contributed by atoms with van der Waals surface area (Å²) in [6.45, 7) is 4.49. The quantitative estimate of drug-likeness (QED) is 0.642. The number of methoxy groups -OCH3 is 1. The third-order valence-electron chi connectivity index (χ3n) is 2.59. The number of amides is 1. The maximum Gasteiger partial charge on any atom is 0.247 e. The summed E-state index contributed by atoms with van der Waals surface area (Å²) in [5.41, 5.74) is 5.92. The van der Waals surface area contributed by atoms with Crippen molar-refractivity contribution in [1.82, 2.24) is 5.32 Å². The van der Waals surface area contributed by atoms with Crippen LogP contribution >= 0.6 is 0 Å². The summed E-state index contributed by atoms with van der Waals surface area (Å²) in [7, 11) is 1.58. The number of hydrogen-bond donors (Lipinski definition) is 3. The molecule has 6 nitrogen and oxygen atoms in total. The van der Waals surface area contributed by atoms with Crippen LogP contribution in [0.2, 0.25) is 0 Å². The van der Waals surface area contributed by atoms with Crippen LogP contribution in [0, 0.1) is 0 Å². The van der Waals surface area contributed by atoms with Crippen LogP contribution in [-0.4, -0.2) is 36.9 Å². The molecule has 0 spiro atoms. The van der Waals surface area contributed by atoms with Crippen molar-refractivity contribution in [1.29, 1.82) is 0 Å². The summed E-state index contributed by atoms with van der Waals surface area (Å²) in [4.78, 5) is 10.7. The minimum Gasteiger partial charge on any atom is -0.493 e. The normalized spacial score (nSPS) is 12.2. The van der Waals surface area contributed by atoms with Crippen molar-refractivity contribution in [2.45, 2.75) is 32.6 Å². The van der Waals surface area contributed by atoms with Crippen LogP contribution < -0.4 is 20.5 Å². The van der Waals surface area contributed by atoms with Crippen LogP contribution in [0.1, 0.15) is 19.4 Å². The number of nitrogens with two attached hydrogens (primary N) is 1. The topological polar surface area (TPSA) is 93.8 Å². The summed E-state index contributed by atoms with van der Waals surface area (Å²) in [6, 6.07) is 5.58. The summed E-state index contributed by atoms with van der Waals surface area (Å²) >= 11 is 0. The van der Waals surface area contributed by atoms with Gasteiger partial charge >= 0.3 is 0 Å². The first kappa shape index (κ1) is 16.3. The molecule has 0 saturated heterocycles. The van der Waals surface area contributed by atoms with E-state index in [0.29, 0.717) is 18.0 Å². The minimum atomic E-state index is -1.18. The van der Waals surface area contributed by atoms with Gasteiger partial charge in [0, 0.05) is 13.1 Å². The Morgan fingerprint density at radius 1 is 1.40 bits per heavy atom. The van der Waals surface area contributed by atoms with E-state index in [2.05, 4.69) is 5.32 Å². The lowest BCUT2D eigenvalue weighted by molar-refractivity contribution is -0.125. The first-order chi connectivity index (χ1) is 9.43. The predicted octanol–water partition coefficient (Wildman–Crippen LogP) is 0.418. The van der Waals surface area contributed by atoms with E-state index < -0.39 is 12.0 Å².